The minimum absolute atomic E-state index is 0. The van der Waals surface area contributed by atoms with Crippen LogP contribution in [0, 0.1) is 5.41 Å². The van der Waals surface area contributed by atoms with Crippen LogP contribution in [0.2, 0.25) is 0 Å². The van der Waals surface area contributed by atoms with E-state index in [9.17, 15) is 0 Å². The molecule has 0 saturated heterocycles. The predicted octanol–water partition coefficient (Wildman–Crippen LogP) is -1.86. The zero-order valence-electron chi connectivity index (χ0n) is 8.08. The van der Waals surface area contributed by atoms with Crippen molar-refractivity contribution in [3.05, 3.63) is 34.3 Å². The molecule has 1 aromatic rings. The fourth-order valence-electron chi connectivity index (χ4n) is 0.629. The molecule has 0 saturated carbocycles. The molecule has 0 radical (unpaired) electrons. The molecule has 0 aliphatic heterocycles. The van der Waals surface area contributed by atoms with Gasteiger partial charge in [-0.05, 0) is 12.1 Å². The normalized spacial score (nSPS) is 7.07. The Bertz CT molecular complexity index is 256. The van der Waals surface area contributed by atoms with Gasteiger partial charge < -0.3 is 10.8 Å². The summed E-state index contributed by atoms with van der Waals surface area (Å²) in [4.78, 5) is 0. The summed E-state index contributed by atoms with van der Waals surface area (Å²) in [6.07, 6.45) is 0. The third-order valence-electron chi connectivity index (χ3n) is 1.16. The monoisotopic (exact) mass is 288 g/mol. The van der Waals surface area contributed by atoms with Gasteiger partial charge in [-0.15, -0.1) is 12.4 Å². The molecule has 3 N–H and O–H groups in total. The van der Waals surface area contributed by atoms with E-state index in [1.54, 1.807) is 12.1 Å². The van der Waals surface area contributed by atoms with Gasteiger partial charge in [0.25, 0.3) is 0 Å². The van der Waals surface area contributed by atoms with Gasteiger partial charge in [-0.2, -0.15) is 7.11 Å². The first-order valence-corrected chi connectivity index (χ1v) is 4.00. The van der Waals surface area contributed by atoms with Gasteiger partial charge in [0.2, 0.25) is 0 Å². The summed E-state index contributed by atoms with van der Waals surface area (Å²) < 4.78 is 0.998. The second kappa shape index (κ2) is 11.5. The van der Waals surface area contributed by atoms with Crippen LogP contribution in [0.3, 0.4) is 0 Å². The van der Waals surface area contributed by atoms with Crippen molar-refractivity contribution in [1.29, 1.82) is 5.41 Å². The number of nitrogens with one attached hydrogen (secondary N) is 1. The van der Waals surface area contributed by atoms with E-state index in [0.717, 1.165) is 17.1 Å². The van der Waals surface area contributed by atoms with Crippen molar-refractivity contribution in [2.45, 2.75) is 0 Å². The molecule has 6 heteroatoms. The van der Waals surface area contributed by atoms with E-state index in [2.05, 4.69) is 15.9 Å². The van der Waals surface area contributed by atoms with Crippen LogP contribution in [-0.2, 0) is 0 Å². The van der Waals surface area contributed by atoms with Gasteiger partial charge in [0, 0.05) is 10.0 Å². The molecule has 0 spiro atoms. The summed E-state index contributed by atoms with van der Waals surface area (Å²) >= 11 is 3.28. The molecule has 0 fully saturated rings. The minimum Gasteiger partial charge on any atom is -0.857 e. The third kappa shape index (κ3) is 7.79. The zero-order valence-corrected chi connectivity index (χ0v) is 12.5. The van der Waals surface area contributed by atoms with Crippen LogP contribution in [0.15, 0.2) is 28.7 Å². The molecule has 1 rings (SSSR count). The van der Waals surface area contributed by atoms with Crippen molar-refractivity contribution < 1.29 is 34.7 Å². The summed E-state index contributed by atoms with van der Waals surface area (Å²) in [5.41, 5.74) is 5.98. The second-order valence-corrected chi connectivity index (χ2v) is 2.84. The van der Waals surface area contributed by atoms with Gasteiger partial charge in [-0.25, -0.2) is 0 Å². The SMILES string of the molecule is C[O-].Cl.N=C(N)c1ccc(Br)cc1.[Na+]. The van der Waals surface area contributed by atoms with Gasteiger partial charge in [0.15, 0.2) is 0 Å². The quantitative estimate of drug-likeness (QED) is 0.361. The molecule has 14 heavy (non-hydrogen) atoms. The van der Waals surface area contributed by atoms with Crippen molar-refractivity contribution in [2.75, 3.05) is 7.11 Å². The van der Waals surface area contributed by atoms with Gasteiger partial charge in [-0.1, -0.05) is 28.1 Å². The van der Waals surface area contributed by atoms with Crippen LogP contribution in [0.1, 0.15) is 5.56 Å². The van der Waals surface area contributed by atoms with Crippen LogP contribution < -0.4 is 40.4 Å². The summed E-state index contributed by atoms with van der Waals surface area (Å²) in [5, 5.41) is 15.3. The molecule has 0 heterocycles. The van der Waals surface area contributed by atoms with Gasteiger partial charge in [-0.3, -0.25) is 5.41 Å². The first-order valence-electron chi connectivity index (χ1n) is 3.21. The van der Waals surface area contributed by atoms with Crippen molar-refractivity contribution in [2.24, 2.45) is 5.73 Å². The third-order valence-corrected chi connectivity index (χ3v) is 1.68. The number of halogens is 2. The van der Waals surface area contributed by atoms with Crippen molar-refractivity contribution in [1.82, 2.24) is 0 Å². The summed E-state index contributed by atoms with van der Waals surface area (Å²) in [6, 6.07) is 7.31. The maximum atomic E-state index is 8.25. The molecule has 0 bridgehead atoms. The molecule has 0 aliphatic carbocycles. The Morgan fingerprint density at radius 3 is 1.93 bits per heavy atom. The Labute approximate surface area is 120 Å². The Morgan fingerprint density at radius 2 is 1.64 bits per heavy atom. The van der Waals surface area contributed by atoms with E-state index < -0.39 is 0 Å². The Balaban J connectivity index is -0.000000284. The smallest absolute Gasteiger partial charge is 0.857 e. The van der Waals surface area contributed by atoms with E-state index >= 15 is 0 Å². The van der Waals surface area contributed by atoms with Crippen molar-refractivity contribution in [3.8, 4) is 0 Å². The number of nitrogens with two attached hydrogens (primary N) is 1. The van der Waals surface area contributed by atoms with Gasteiger partial charge in [0.05, 0.1) is 0 Å². The number of amidine groups is 1. The van der Waals surface area contributed by atoms with Crippen LogP contribution >= 0.6 is 28.3 Å². The van der Waals surface area contributed by atoms with E-state index in [0.29, 0.717) is 0 Å². The van der Waals surface area contributed by atoms with Crippen molar-refractivity contribution in [3.63, 3.8) is 0 Å². The summed E-state index contributed by atoms with van der Waals surface area (Å²) in [5.74, 6) is 0.104. The summed E-state index contributed by atoms with van der Waals surface area (Å²) in [6.45, 7) is 0. The molecule has 74 valence electrons. The molecular formula is C8H11BrClN2NaO. The second-order valence-electron chi connectivity index (χ2n) is 1.92. The molecule has 3 nitrogen and oxygen atoms in total. The largest absolute Gasteiger partial charge is 1.00 e. The molecule has 0 unspecified atom stereocenters. The fourth-order valence-corrected chi connectivity index (χ4v) is 0.894. The molecule has 0 aliphatic rings. The van der Waals surface area contributed by atoms with Gasteiger partial charge >= 0.3 is 29.6 Å². The van der Waals surface area contributed by atoms with E-state index in [4.69, 9.17) is 16.2 Å². The van der Waals surface area contributed by atoms with Crippen LogP contribution in [0.4, 0.5) is 0 Å². The predicted molar refractivity (Wildman–Crippen MR) is 58.3 cm³/mol. The van der Waals surface area contributed by atoms with Crippen LogP contribution in [0.25, 0.3) is 0 Å². The molecular weight excluding hydrogens is 278 g/mol. The Morgan fingerprint density at radius 1 is 1.29 bits per heavy atom. The zero-order chi connectivity index (χ0) is 9.56. The number of benzene rings is 1. The van der Waals surface area contributed by atoms with Crippen molar-refractivity contribution >= 4 is 34.2 Å². The van der Waals surface area contributed by atoms with E-state index in [1.807, 2.05) is 12.1 Å². The average Bonchev–Trinajstić information content (AvgIpc) is 2.09. The molecule has 1 aromatic carbocycles. The topological polar surface area (TPSA) is 72.9 Å². The number of rotatable bonds is 1. The van der Waals surface area contributed by atoms with Gasteiger partial charge in [0.1, 0.15) is 5.84 Å². The maximum absolute atomic E-state index is 8.25. The Kier molecular flexibility index (Phi) is 16.3. The standard InChI is InChI=1S/C7H7BrN2.CH3O.ClH.Na/c8-6-3-1-5(2-4-6)7(9)10;1-2;;/h1-4H,(H3,9,10);1H3;1H;/q;-1;;+1. The maximum Gasteiger partial charge on any atom is 1.00 e. The fraction of sp³-hybridized carbons (Fsp3) is 0.125. The average molecular weight is 290 g/mol. The number of hydrogen-bond acceptors (Lipinski definition) is 2. The first-order chi connectivity index (χ1) is 5.70. The number of hydrogen-bond donors (Lipinski definition) is 2. The Hall–Kier alpha value is 0.420. The van der Waals surface area contributed by atoms with Crippen LogP contribution in [0.5, 0.6) is 0 Å². The van der Waals surface area contributed by atoms with E-state index in [-0.39, 0.29) is 47.8 Å². The first kappa shape index (κ1) is 19.9. The molecule has 0 aromatic heterocycles. The minimum atomic E-state index is 0. The number of nitrogen functional groups attached to an aromatic ring is 1. The molecule has 0 atom stereocenters. The van der Waals surface area contributed by atoms with E-state index in [1.165, 1.54) is 0 Å². The molecule has 0 amide bonds. The summed E-state index contributed by atoms with van der Waals surface area (Å²) in [7, 11) is 0.750. The van der Waals surface area contributed by atoms with Crippen LogP contribution in [-0.4, -0.2) is 12.9 Å².